The first-order valence-electron chi connectivity index (χ1n) is 6.68. The van der Waals surface area contributed by atoms with Gasteiger partial charge in [-0.2, -0.15) is 13.2 Å². The molecule has 21 heavy (non-hydrogen) atoms. The van der Waals surface area contributed by atoms with Crippen molar-refractivity contribution in [3.8, 4) is 0 Å². The number of rotatable bonds is 8. The number of hydrogen-bond donors (Lipinski definition) is 2. The molecule has 0 aromatic heterocycles. The van der Waals surface area contributed by atoms with Gasteiger partial charge in [0, 0.05) is 24.2 Å². The van der Waals surface area contributed by atoms with Crippen molar-refractivity contribution in [3.05, 3.63) is 34.9 Å². The molecule has 3 nitrogen and oxygen atoms in total. The first-order valence-corrected chi connectivity index (χ1v) is 7.06. The van der Waals surface area contributed by atoms with E-state index in [0.29, 0.717) is 11.4 Å². The second-order valence-corrected chi connectivity index (χ2v) is 5.24. The summed E-state index contributed by atoms with van der Waals surface area (Å²) in [5.74, 6) is 0. The maximum atomic E-state index is 12.5. The van der Waals surface area contributed by atoms with Crippen LogP contribution in [-0.4, -0.2) is 49.5 Å². The Morgan fingerprint density at radius 2 is 2.05 bits per heavy atom. The van der Waals surface area contributed by atoms with Gasteiger partial charge in [0.15, 0.2) is 0 Å². The van der Waals surface area contributed by atoms with Gasteiger partial charge in [-0.3, -0.25) is 4.90 Å². The number of benzene rings is 1. The van der Waals surface area contributed by atoms with E-state index >= 15 is 0 Å². The predicted molar refractivity (Wildman–Crippen MR) is 77.5 cm³/mol. The van der Waals surface area contributed by atoms with Gasteiger partial charge in [0.2, 0.25) is 0 Å². The van der Waals surface area contributed by atoms with Crippen molar-refractivity contribution in [1.29, 1.82) is 0 Å². The number of halogens is 4. The highest BCUT2D eigenvalue weighted by molar-refractivity contribution is 6.30. The molecular weight excluding hydrogens is 305 g/mol. The normalized spacial score (nSPS) is 13.7. The molecule has 1 atom stereocenters. The Kier molecular flexibility index (Phi) is 7.45. The zero-order valence-corrected chi connectivity index (χ0v) is 12.6. The lowest BCUT2D eigenvalue weighted by molar-refractivity contribution is -0.147. The fraction of sp³-hybridized carbons (Fsp3) is 0.571. The molecule has 1 unspecified atom stereocenters. The van der Waals surface area contributed by atoms with Crippen molar-refractivity contribution in [3.63, 3.8) is 0 Å². The first-order chi connectivity index (χ1) is 9.85. The maximum absolute atomic E-state index is 12.5. The van der Waals surface area contributed by atoms with Crippen LogP contribution in [0.1, 0.15) is 18.0 Å². The van der Waals surface area contributed by atoms with Crippen LogP contribution < -0.4 is 5.32 Å². The fourth-order valence-electron chi connectivity index (χ4n) is 2.18. The summed E-state index contributed by atoms with van der Waals surface area (Å²) in [6, 6.07) is 7.15. The zero-order valence-electron chi connectivity index (χ0n) is 11.8. The Morgan fingerprint density at radius 3 is 2.57 bits per heavy atom. The SMILES string of the molecule is CNC(CCN(CCO)CC(F)(F)F)c1cccc(Cl)c1. The van der Waals surface area contributed by atoms with Gasteiger partial charge in [-0.1, -0.05) is 23.7 Å². The van der Waals surface area contributed by atoms with Gasteiger partial charge >= 0.3 is 6.18 Å². The summed E-state index contributed by atoms with van der Waals surface area (Å²) >= 11 is 5.93. The number of aliphatic hydroxyl groups excluding tert-OH is 1. The Balaban J connectivity index is 2.63. The molecule has 0 heterocycles. The molecule has 120 valence electrons. The van der Waals surface area contributed by atoms with Gasteiger partial charge < -0.3 is 10.4 Å². The molecule has 7 heteroatoms. The van der Waals surface area contributed by atoms with Crippen molar-refractivity contribution < 1.29 is 18.3 Å². The molecule has 0 aliphatic heterocycles. The van der Waals surface area contributed by atoms with Crippen LogP contribution in [0.2, 0.25) is 5.02 Å². The lowest BCUT2D eigenvalue weighted by atomic mass is 10.0. The highest BCUT2D eigenvalue weighted by Gasteiger charge is 2.30. The van der Waals surface area contributed by atoms with E-state index in [9.17, 15) is 13.2 Å². The molecule has 2 N–H and O–H groups in total. The van der Waals surface area contributed by atoms with Crippen LogP contribution in [0.4, 0.5) is 13.2 Å². The van der Waals surface area contributed by atoms with Crippen molar-refractivity contribution in [2.45, 2.75) is 18.6 Å². The summed E-state index contributed by atoms with van der Waals surface area (Å²) in [5, 5.41) is 12.5. The number of nitrogens with one attached hydrogen (secondary N) is 1. The molecule has 0 aliphatic rings. The molecule has 0 fully saturated rings. The van der Waals surface area contributed by atoms with Crippen LogP contribution in [0.3, 0.4) is 0 Å². The van der Waals surface area contributed by atoms with Crippen molar-refractivity contribution in [2.24, 2.45) is 0 Å². The van der Waals surface area contributed by atoms with Crippen LogP contribution in [0, 0.1) is 0 Å². The topological polar surface area (TPSA) is 35.5 Å². The molecule has 0 bridgehead atoms. The molecule has 1 aromatic carbocycles. The number of hydrogen-bond acceptors (Lipinski definition) is 3. The summed E-state index contributed by atoms with van der Waals surface area (Å²) in [4.78, 5) is 1.20. The number of alkyl halides is 3. The van der Waals surface area contributed by atoms with E-state index in [1.165, 1.54) is 4.90 Å². The average Bonchev–Trinajstić information content (AvgIpc) is 2.38. The highest BCUT2D eigenvalue weighted by Crippen LogP contribution is 2.22. The standard InChI is InChI=1S/C14H20ClF3N2O/c1-19-13(11-3-2-4-12(15)9-11)5-6-20(7-8-21)10-14(16,17)18/h2-4,9,13,19,21H,5-8,10H2,1H3. The molecule has 0 saturated heterocycles. The maximum Gasteiger partial charge on any atom is 0.401 e. The second-order valence-electron chi connectivity index (χ2n) is 4.80. The van der Waals surface area contributed by atoms with Crippen LogP contribution in [0.25, 0.3) is 0 Å². The van der Waals surface area contributed by atoms with Crippen LogP contribution in [-0.2, 0) is 0 Å². The number of nitrogens with zero attached hydrogens (tertiary/aromatic N) is 1. The molecule has 1 aromatic rings. The molecule has 0 saturated carbocycles. The zero-order chi connectivity index (χ0) is 15.9. The third-order valence-electron chi connectivity index (χ3n) is 3.15. The van der Waals surface area contributed by atoms with Crippen LogP contribution >= 0.6 is 11.6 Å². The second kappa shape index (κ2) is 8.58. The van der Waals surface area contributed by atoms with Crippen LogP contribution in [0.5, 0.6) is 0 Å². The molecular formula is C14H20ClF3N2O. The van der Waals surface area contributed by atoms with Gasteiger partial charge in [-0.05, 0) is 31.2 Å². The van der Waals surface area contributed by atoms with E-state index in [0.717, 1.165) is 5.56 Å². The van der Waals surface area contributed by atoms with Crippen molar-refractivity contribution in [2.75, 3.05) is 33.3 Å². The van der Waals surface area contributed by atoms with Gasteiger partial charge in [0.25, 0.3) is 0 Å². The average molecular weight is 325 g/mol. The molecule has 1 rings (SSSR count). The minimum absolute atomic E-state index is 0.00545. The lowest BCUT2D eigenvalue weighted by Crippen LogP contribution is -2.38. The third kappa shape index (κ3) is 7.13. The van der Waals surface area contributed by atoms with Crippen LogP contribution in [0.15, 0.2) is 24.3 Å². The Bertz CT molecular complexity index is 429. The van der Waals surface area contributed by atoms with Gasteiger partial charge in [0.05, 0.1) is 13.2 Å². The van der Waals surface area contributed by atoms with E-state index in [2.05, 4.69) is 5.32 Å². The highest BCUT2D eigenvalue weighted by atomic mass is 35.5. The summed E-state index contributed by atoms with van der Waals surface area (Å²) in [6.45, 7) is -1.07. The van der Waals surface area contributed by atoms with Gasteiger partial charge in [-0.15, -0.1) is 0 Å². The predicted octanol–water partition coefficient (Wildman–Crippen LogP) is 2.85. The largest absolute Gasteiger partial charge is 0.401 e. The molecule has 0 spiro atoms. The summed E-state index contributed by atoms with van der Waals surface area (Å²) in [7, 11) is 1.76. The lowest BCUT2D eigenvalue weighted by Gasteiger charge is -2.25. The first kappa shape index (κ1) is 18.2. The Morgan fingerprint density at radius 1 is 1.33 bits per heavy atom. The molecule has 0 amide bonds. The van der Waals surface area contributed by atoms with Crippen molar-refractivity contribution >= 4 is 11.6 Å². The summed E-state index contributed by atoms with van der Waals surface area (Å²) < 4.78 is 37.4. The minimum atomic E-state index is -4.26. The smallest absolute Gasteiger partial charge is 0.395 e. The fourth-order valence-corrected chi connectivity index (χ4v) is 2.38. The molecule has 0 radical (unpaired) electrons. The van der Waals surface area contributed by atoms with E-state index in [-0.39, 0.29) is 25.7 Å². The van der Waals surface area contributed by atoms with E-state index in [1.54, 1.807) is 19.2 Å². The Labute approximate surface area is 127 Å². The quantitative estimate of drug-likeness (QED) is 0.772. The molecule has 0 aliphatic carbocycles. The van der Waals surface area contributed by atoms with Crippen molar-refractivity contribution in [1.82, 2.24) is 10.2 Å². The minimum Gasteiger partial charge on any atom is -0.395 e. The van der Waals surface area contributed by atoms with E-state index < -0.39 is 12.7 Å². The monoisotopic (exact) mass is 324 g/mol. The van der Waals surface area contributed by atoms with E-state index in [1.807, 2.05) is 12.1 Å². The number of aliphatic hydroxyl groups is 1. The Hall–Kier alpha value is -0.820. The van der Waals surface area contributed by atoms with Gasteiger partial charge in [-0.25, -0.2) is 0 Å². The van der Waals surface area contributed by atoms with E-state index in [4.69, 9.17) is 16.7 Å². The summed E-state index contributed by atoms with van der Waals surface area (Å²) in [5.41, 5.74) is 0.931. The summed E-state index contributed by atoms with van der Waals surface area (Å²) in [6.07, 6.45) is -3.77. The van der Waals surface area contributed by atoms with Gasteiger partial charge in [0.1, 0.15) is 0 Å². The third-order valence-corrected chi connectivity index (χ3v) is 3.39.